The molecule has 1 aromatic rings. The number of hydrogen-bond donors (Lipinski definition) is 1. The number of hydrazine groups is 1. The highest BCUT2D eigenvalue weighted by Gasteiger charge is 2.21. The molecular formula is C14H23BrN4O2. The Morgan fingerprint density at radius 1 is 1.38 bits per heavy atom. The van der Waals surface area contributed by atoms with Gasteiger partial charge in [-0.05, 0) is 55.8 Å². The smallest absolute Gasteiger partial charge is 0.410 e. The molecule has 0 aliphatic heterocycles. The Morgan fingerprint density at radius 2 is 2.05 bits per heavy atom. The quantitative estimate of drug-likeness (QED) is 0.647. The normalized spacial score (nSPS) is 11.1. The van der Waals surface area contributed by atoms with Gasteiger partial charge in [-0.3, -0.25) is 5.01 Å². The summed E-state index contributed by atoms with van der Waals surface area (Å²) in [5.41, 5.74) is -0.500. The minimum Gasteiger partial charge on any atom is -0.444 e. The molecule has 0 aliphatic rings. The summed E-state index contributed by atoms with van der Waals surface area (Å²) in [6.45, 7) is 8.96. The van der Waals surface area contributed by atoms with Crippen LogP contribution >= 0.6 is 15.9 Å². The largest absolute Gasteiger partial charge is 0.444 e. The second-order valence-electron chi connectivity index (χ2n) is 5.59. The van der Waals surface area contributed by atoms with Gasteiger partial charge in [0, 0.05) is 23.8 Å². The molecule has 0 aromatic carbocycles. The van der Waals surface area contributed by atoms with E-state index in [1.807, 2.05) is 39.8 Å². The average Bonchev–Trinajstić information content (AvgIpc) is 2.37. The molecule has 6 nitrogen and oxygen atoms in total. The van der Waals surface area contributed by atoms with Crippen LogP contribution in [0.1, 0.15) is 27.7 Å². The molecule has 21 heavy (non-hydrogen) atoms. The Labute approximate surface area is 134 Å². The summed E-state index contributed by atoms with van der Waals surface area (Å²) in [7, 11) is 0. The lowest BCUT2D eigenvalue weighted by atomic mass is 10.2. The molecule has 1 rings (SSSR count). The van der Waals surface area contributed by atoms with Crippen molar-refractivity contribution in [2.45, 2.75) is 33.3 Å². The minimum atomic E-state index is -0.500. The van der Waals surface area contributed by atoms with Crippen LogP contribution in [0.3, 0.4) is 0 Å². The van der Waals surface area contributed by atoms with Gasteiger partial charge in [0.1, 0.15) is 11.4 Å². The van der Waals surface area contributed by atoms with Gasteiger partial charge in [-0.15, -0.1) is 0 Å². The Bertz CT molecular complexity index is 459. The zero-order valence-corrected chi connectivity index (χ0v) is 14.6. The van der Waals surface area contributed by atoms with Crippen LogP contribution in [0.15, 0.2) is 22.8 Å². The zero-order chi connectivity index (χ0) is 16.0. The molecule has 0 atom stereocenters. The first-order valence-electron chi connectivity index (χ1n) is 6.84. The number of carbonyl (C=O) groups is 1. The number of hydrogen-bond acceptors (Lipinski definition) is 5. The monoisotopic (exact) mass is 358 g/mol. The topological polar surface area (TPSA) is 71.7 Å². The van der Waals surface area contributed by atoms with Crippen LogP contribution in [0.25, 0.3) is 0 Å². The van der Waals surface area contributed by atoms with E-state index in [0.717, 1.165) is 4.47 Å². The van der Waals surface area contributed by atoms with Crippen LogP contribution in [0.2, 0.25) is 0 Å². The molecule has 0 fully saturated rings. The first-order valence-corrected chi connectivity index (χ1v) is 7.64. The second kappa shape index (κ2) is 7.61. The van der Waals surface area contributed by atoms with E-state index in [1.54, 1.807) is 11.1 Å². The summed E-state index contributed by atoms with van der Waals surface area (Å²) in [6, 6.07) is 3.68. The lowest BCUT2D eigenvalue weighted by Crippen LogP contribution is -2.43. The Balaban J connectivity index is 2.54. The third-order valence-corrected chi connectivity index (χ3v) is 3.12. The lowest BCUT2D eigenvalue weighted by Gasteiger charge is -2.28. The van der Waals surface area contributed by atoms with E-state index in [0.29, 0.717) is 25.5 Å². The van der Waals surface area contributed by atoms with Gasteiger partial charge in [-0.1, -0.05) is 0 Å². The third kappa shape index (κ3) is 6.31. The second-order valence-corrected chi connectivity index (χ2v) is 6.50. The van der Waals surface area contributed by atoms with E-state index in [-0.39, 0.29) is 6.09 Å². The van der Waals surface area contributed by atoms with Crippen LogP contribution in [0, 0.1) is 0 Å². The zero-order valence-electron chi connectivity index (χ0n) is 13.0. The van der Waals surface area contributed by atoms with Crippen molar-refractivity contribution >= 4 is 27.8 Å². The fourth-order valence-corrected chi connectivity index (χ4v) is 1.82. The van der Waals surface area contributed by atoms with Crippen molar-refractivity contribution in [3.8, 4) is 0 Å². The fourth-order valence-electron chi connectivity index (χ4n) is 1.59. The van der Waals surface area contributed by atoms with Gasteiger partial charge in [-0.2, -0.15) is 0 Å². The van der Waals surface area contributed by atoms with Gasteiger partial charge < -0.3 is 9.64 Å². The van der Waals surface area contributed by atoms with Crippen LogP contribution in [0.5, 0.6) is 0 Å². The van der Waals surface area contributed by atoms with Crippen molar-refractivity contribution in [3.05, 3.63) is 22.8 Å². The number of halogens is 1. The molecule has 0 aliphatic carbocycles. The van der Waals surface area contributed by atoms with Crippen molar-refractivity contribution in [1.82, 2.24) is 9.88 Å². The maximum atomic E-state index is 12.0. The summed E-state index contributed by atoms with van der Waals surface area (Å²) < 4.78 is 6.24. The first-order chi connectivity index (χ1) is 9.73. The maximum Gasteiger partial charge on any atom is 0.410 e. The van der Waals surface area contributed by atoms with E-state index >= 15 is 0 Å². The van der Waals surface area contributed by atoms with Crippen molar-refractivity contribution in [2.75, 3.05) is 24.6 Å². The molecule has 0 saturated carbocycles. The van der Waals surface area contributed by atoms with Crippen LogP contribution < -0.4 is 10.9 Å². The van der Waals surface area contributed by atoms with Crippen LogP contribution in [-0.2, 0) is 4.74 Å². The van der Waals surface area contributed by atoms with Gasteiger partial charge in [0.25, 0.3) is 0 Å². The number of likely N-dealkylation sites (N-methyl/N-ethyl adjacent to an activating group) is 1. The van der Waals surface area contributed by atoms with E-state index in [2.05, 4.69) is 20.9 Å². The SMILES string of the molecule is CCN(CCN(N)c1ccc(Br)cn1)C(=O)OC(C)(C)C. The molecular weight excluding hydrogens is 336 g/mol. The Kier molecular flexibility index (Phi) is 6.42. The summed E-state index contributed by atoms with van der Waals surface area (Å²) in [4.78, 5) is 17.8. The number of carbonyl (C=O) groups excluding carboxylic acids is 1. The number of nitrogens with zero attached hydrogens (tertiary/aromatic N) is 3. The van der Waals surface area contributed by atoms with Crippen LogP contribution in [-0.4, -0.2) is 41.2 Å². The predicted molar refractivity (Wildman–Crippen MR) is 87.0 cm³/mol. The Morgan fingerprint density at radius 3 is 2.52 bits per heavy atom. The predicted octanol–water partition coefficient (Wildman–Crippen LogP) is 2.78. The molecule has 0 unspecified atom stereocenters. The number of anilines is 1. The first kappa shape index (κ1) is 17.7. The highest BCUT2D eigenvalue weighted by atomic mass is 79.9. The number of nitrogens with two attached hydrogens (primary N) is 1. The lowest BCUT2D eigenvalue weighted by molar-refractivity contribution is 0.0265. The highest BCUT2D eigenvalue weighted by Crippen LogP contribution is 2.13. The van der Waals surface area contributed by atoms with E-state index in [9.17, 15) is 4.79 Å². The van der Waals surface area contributed by atoms with E-state index in [1.165, 1.54) is 5.01 Å². The molecule has 0 spiro atoms. The van der Waals surface area contributed by atoms with Crippen LogP contribution in [0.4, 0.5) is 10.6 Å². The molecule has 0 radical (unpaired) electrons. The van der Waals surface area contributed by atoms with Crippen molar-refractivity contribution in [3.63, 3.8) is 0 Å². The highest BCUT2D eigenvalue weighted by molar-refractivity contribution is 9.10. The van der Waals surface area contributed by atoms with Gasteiger partial charge in [0.15, 0.2) is 0 Å². The number of pyridine rings is 1. The number of aromatic nitrogens is 1. The van der Waals surface area contributed by atoms with E-state index < -0.39 is 5.60 Å². The average molecular weight is 359 g/mol. The molecule has 1 amide bonds. The van der Waals surface area contributed by atoms with Crippen molar-refractivity contribution in [1.29, 1.82) is 0 Å². The number of amides is 1. The molecule has 1 heterocycles. The molecule has 118 valence electrons. The summed E-state index contributed by atoms with van der Waals surface area (Å²) in [5.74, 6) is 6.60. The summed E-state index contributed by atoms with van der Waals surface area (Å²) in [6.07, 6.45) is 1.35. The Hall–Kier alpha value is -1.34. The van der Waals surface area contributed by atoms with Gasteiger partial charge in [0.05, 0.1) is 6.54 Å². The summed E-state index contributed by atoms with van der Waals surface area (Å²) >= 11 is 3.32. The van der Waals surface area contributed by atoms with Gasteiger partial charge in [0.2, 0.25) is 0 Å². The third-order valence-electron chi connectivity index (χ3n) is 2.65. The number of rotatable bonds is 5. The standard InChI is InChI=1S/C14H23BrN4O2/c1-5-18(13(20)21-14(2,3)4)8-9-19(16)12-7-6-11(15)10-17-12/h6-7,10H,5,8-9,16H2,1-4H3. The van der Waals surface area contributed by atoms with Gasteiger partial charge >= 0.3 is 6.09 Å². The molecule has 0 bridgehead atoms. The summed E-state index contributed by atoms with van der Waals surface area (Å²) in [5, 5.41) is 1.51. The molecule has 1 aromatic heterocycles. The van der Waals surface area contributed by atoms with Gasteiger partial charge in [-0.25, -0.2) is 15.6 Å². The molecule has 7 heteroatoms. The maximum absolute atomic E-state index is 12.0. The van der Waals surface area contributed by atoms with Crippen molar-refractivity contribution in [2.24, 2.45) is 5.84 Å². The number of ether oxygens (including phenoxy) is 1. The van der Waals surface area contributed by atoms with Crippen molar-refractivity contribution < 1.29 is 9.53 Å². The van der Waals surface area contributed by atoms with E-state index in [4.69, 9.17) is 10.6 Å². The molecule has 2 N–H and O–H groups in total. The molecule has 0 saturated heterocycles. The fraction of sp³-hybridized carbons (Fsp3) is 0.571. The minimum absolute atomic E-state index is 0.331.